The molecule has 0 spiro atoms. The lowest BCUT2D eigenvalue weighted by Crippen LogP contribution is -2.32. The number of anilines is 2. The number of aromatic nitrogens is 3. The first-order valence-electron chi connectivity index (χ1n) is 9.13. The molecule has 1 amide bonds. The fraction of sp³-hybridized carbons (Fsp3) is 0.150. The van der Waals surface area contributed by atoms with Crippen LogP contribution in [0.1, 0.15) is 21.6 Å². The van der Waals surface area contributed by atoms with E-state index in [4.69, 9.17) is 23.2 Å². The number of nitrogens with zero attached hydrogens (tertiary/aromatic N) is 3. The molecular weight excluding hydrogens is 486 g/mol. The molecule has 8 nitrogen and oxygen atoms in total. The summed E-state index contributed by atoms with van der Waals surface area (Å²) >= 11 is 11.9. The maximum absolute atomic E-state index is 12.8. The van der Waals surface area contributed by atoms with E-state index in [1.54, 1.807) is 12.1 Å². The van der Waals surface area contributed by atoms with Gasteiger partial charge in [0.25, 0.3) is 5.91 Å². The summed E-state index contributed by atoms with van der Waals surface area (Å²) in [6.45, 7) is 0. The molecule has 2 aromatic heterocycles. The molecule has 172 valence electrons. The zero-order valence-corrected chi connectivity index (χ0v) is 17.9. The lowest BCUT2D eigenvalue weighted by Gasteiger charge is -2.16. The fourth-order valence-electron chi connectivity index (χ4n) is 2.72. The van der Waals surface area contributed by atoms with Crippen molar-refractivity contribution in [3.8, 4) is 0 Å². The molecule has 0 aliphatic rings. The molecule has 13 heteroatoms. The second-order valence-electron chi connectivity index (χ2n) is 6.63. The van der Waals surface area contributed by atoms with Crippen molar-refractivity contribution in [1.82, 2.24) is 15.0 Å². The van der Waals surface area contributed by atoms with E-state index in [2.05, 4.69) is 25.6 Å². The molecule has 0 saturated heterocycles. The van der Waals surface area contributed by atoms with Crippen LogP contribution >= 0.6 is 23.2 Å². The maximum atomic E-state index is 12.8. The lowest BCUT2D eigenvalue weighted by atomic mass is 10.1. The average molecular weight is 500 g/mol. The Morgan fingerprint density at radius 2 is 1.70 bits per heavy atom. The van der Waals surface area contributed by atoms with Crippen LogP contribution in [0.15, 0.2) is 48.9 Å². The smallest absolute Gasteiger partial charge is 0.433 e. The molecule has 0 bridgehead atoms. The predicted molar refractivity (Wildman–Crippen MR) is 114 cm³/mol. The Morgan fingerprint density at radius 3 is 2.27 bits per heavy atom. The number of benzene rings is 1. The minimum Gasteiger partial charge on any atom is -0.480 e. The molecular formula is C20H14Cl2F3N5O3. The van der Waals surface area contributed by atoms with Crippen molar-refractivity contribution in [2.75, 3.05) is 10.6 Å². The van der Waals surface area contributed by atoms with Crippen LogP contribution in [0.2, 0.25) is 10.0 Å². The number of carbonyl (C=O) groups excluding carboxylic acids is 1. The number of nitrogens with one attached hydrogen (secondary N) is 2. The van der Waals surface area contributed by atoms with Gasteiger partial charge < -0.3 is 15.7 Å². The number of hydrogen-bond acceptors (Lipinski definition) is 6. The van der Waals surface area contributed by atoms with Gasteiger partial charge in [-0.2, -0.15) is 13.2 Å². The van der Waals surface area contributed by atoms with Crippen molar-refractivity contribution in [2.45, 2.75) is 18.6 Å². The lowest BCUT2D eigenvalue weighted by molar-refractivity contribution is -0.141. The number of hydrogen-bond donors (Lipinski definition) is 3. The molecule has 1 aromatic carbocycles. The average Bonchev–Trinajstić information content (AvgIpc) is 2.74. The van der Waals surface area contributed by atoms with E-state index in [1.165, 1.54) is 24.5 Å². The third-order valence-corrected chi connectivity index (χ3v) is 4.85. The number of carbonyl (C=O) groups is 2. The van der Waals surface area contributed by atoms with E-state index >= 15 is 0 Å². The van der Waals surface area contributed by atoms with Crippen molar-refractivity contribution < 1.29 is 27.9 Å². The highest BCUT2D eigenvalue weighted by Gasteiger charge is 2.33. The predicted octanol–water partition coefficient (Wildman–Crippen LogP) is 4.56. The third-order valence-electron chi connectivity index (χ3n) is 4.28. The quantitative estimate of drug-likeness (QED) is 0.436. The summed E-state index contributed by atoms with van der Waals surface area (Å²) in [5.74, 6) is -2.34. The number of alkyl halides is 3. The van der Waals surface area contributed by atoms with Crippen LogP contribution in [-0.4, -0.2) is 38.0 Å². The Balaban J connectivity index is 1.69. The standard InChI is InChI=1S/C20H14Cl2F3N5O3/c21-12-8-26-9-13(22)16(12)17(31)28-11-3-1-10(2-4-11)7-14(18(32)33)29-19-27-6-5-15(30-19)20(23,24)25/h1-6,8-9,14H,7H2,(H,28,31)(H,32,33)(H,27,29,30). The Kier molecular flexibility index (Phi) is 7.34. The first-order valence-corrected chi connectivity index (χ1v) is 9.89. The molecule has 3 N–H and O–H groups in total. The van der Waals surface area contributed by atoms with E-state index in [1.807, 2.05) is 0 Å². The van der Waals surface area contributed by atoms with E-state index in [0.29, 0.717) is 17.3 Å². The number of halogens is 5. The number of pyridine rings is 1. The van der Waals surface area contributed by atoms with Crippen LogP contribution in [0.3, 0.4) is 0 Å². The van der Waals surface area contributed by atoms with Crippen LogP contribution in [0.4, 0.5) is 24.8 Å². The van der Waals surface area contributed by atoms with Gasteiger partial charge in [-0.05, 0) is 23.8 Å². The van der Waals surface area contributed by atoms with Crippen molar-refractivity contribution in [2.24, 2.45) is 0 Å². The van der Waals surface area contributed by atoms with Gasteiger partial charge >= 0.3 is 12.1 Å². The monoisotopic (exact) mass is 499 g/mol. The number of rotatable bonds is 7. The van der Waals surface area contributed by atoms with Crippen LogP contribution in [0.25, 0.3) is 0 Å². The minimum absolute atomic E-state index is 0.0497. The van der Waals surface area contributed by atoms with Gasteiger partial charge in [-0.3, -0.25) is 9.78 Å². The van der Waals surface area contributed by atoms with Gasteiger partial charge in [0.05, 0.1) is 15.6 Å². The zero-order valence-electron chi connectivity index (χ0n) is 16.4. The van der Waals surface area contributed by atoms with Crippen molar-refractivity contribution in [3.05, 3.63) is 75.8 Å². The van der Waals surface area contributed by atoms with Gasteiger partial charge in [0.15, 0.2) is 0 Å². The van der Waals surface area contributed by atoms with E-state index in [0.717, 1.165) is 6.20 Å². The first-order chi connectivity index (χ1) is 15.5. The molecule has 1 atom stereocenters. The van der Waals surface area contributed by atoms with Crippen LogP contribution < -0.4 is 10.6 Å². The zero-order chi connectivity index (χ0) is 24.2. The Labute approximate surface area is 194 Å². The Bertz CT molecular complexity index is 1160. The van der Waals surface area contributed by atoms with Crippen molar-refractivity contribution in [1.29, 1.82) is 0 Å². The van der Waals surface area contributed by atoms with E-state index in [9.17, 15) is 27.9 Å². The van der Waals surface area contributed by atoms with Gasteiger partial charge in [0, 0.05) is 30.7 Å². The van der Waals surface area contributed by atoms with Crippen molar-refractivity contribution >= 4 is 46.7 Å². The van der Waals surface area contributed by atoms with Gasteiger partial charge in [-0.25, -0.2) is 14.8 Å². The molecule has 33 heavy (non-hydrogen) atoms. The highest BCUT2D eigenvalue weighted by molar-refractivity contribution is 6.40. The third kappa shape index (κ3) is 6.30. The molecule has 0 aliphatic heterocycles. The maximum Gasteiger partial charge on any atom is 0.433 e. The first kappa shape index (κ1) is 24.2. The molecule has 2 heterocycles. The topological polar surface area (TPSA) is 117 Å². The van der Waals surface area contributed by atoms with E-state index in [-0.39, 0.29) is 22.0 Å². The van der Waals surface area contributed by atoms with Gasteiger partial charge in [-0.1, -0.05) is 35.3 Å². The summed E-state index contributed by atoms with van der Waals surface area (Å²) in [6.07, 6.45) is -1.35. The summed E-state index contributed by atoms with van der Waals surface area (Å²) in [6, 6.07) is 5.53. The highest BCUT2D eigenvalue weighted by atomic mass is 35.5. The highest BCUT2D eigenvalue weighted by Crippen LogP contribution is 2.28. The SMILES string of the molecule is O=C(Nc1ccc(CC(Nc2nccc(C(F)(F)F)n2)C(=O)O)cc1)c1c(Cl)cncc1Cl. The van der Waals surface area contributed by atoms with Gasteiger partial charge in [0.2, 0.25) is 5.95 Å². The summed E-state index contributed by atoms with van der Waals surface area (Å²) in [5.41, 5.74) is -0.235. The molecule has 3 aromatic rings. The summed E-state index contributed by atoms with van der Waals surface area (Å²) in [4.78, 5) is 34.7. The van der Waals surface area contributed by atoms with E-state index < -0.39 is 35.7 Å². The molecule has 0 saturated carbocycles. The second kappa shape index (κ2) is 10.0. The number of aliphatic carboxylic acids is 1. The molecule has 1 unspecified atom stereocenters. The fourth-order valence-corrected chi connectivity index (χ4v) is 3.26. The normalized spacial score (nSPS) is 12.2. The molecule has 3 rings (SSSR count). The van der Waals surface area contributed by atoms with Gasteiger partial charge in [0.1, 0.15) is 11.7 Å². The second-order valence-corrected chi connectivity index (χ2v) is 7.45. The summed E-state index contributed by atoms with van der Waals surface area (Å²) in [7, 11) is 0. The van der Waals surface area contributed by atoms with Crippen molar-refractivity contribution in [3.63, 3.8) is 0 Å². The Morgan fingerprint density at radius 1 is 1.06 bits per heavy atom. The Hall–Kier alpha value is -3.44. The minimum atomic E-state index is -4.69. The van der Waals surface area contributed by atoms with Crippen LogP contribution in [0.5, 0.6) is 0 Å². The summed E-state index contributed by atoms with van der Waals surface area (Å²) in [5, 5.41) is 14.6. The molecule has 0 fully saturated rings. The van der Waals surface area contributed by atoms with Gasteiger partial charge in [-0.15, -0.1) is 0 Å². The molecule has 0 aliphatic carbocycles. The van der Waals surface area contributed by atoms with Crippen LogP contribution in [0, 0.1) is 0 Å². The number of carboxylic acid groups (broad SMARTS) is 1. The molecule has 0 radical (unpaired) electrons. The largest absolute Gasteiger partial charge is 0.480 e. The number of amides is 1. The van der Waals surface area contributed by atoms with Crippen LogP contribution in [-0.2, 0) is 17.4 Å². The number of carboxylic acids is 1. The summed E-state index contributed by atoms with van der Waals surface area (Å²) < 4.78 is 38.4.